The van der Waals surface area contributed by atoms with Gasteiger partial charge in [-0.15, -0.1) is 0 Å². The van der Waals surface area contributed by atoms with Crippen LogP contribution in [0.5, 0.6) is 0 Å². The van der Waals surface area contributed by atoms with E-state index in [1.165, 1.54) is 18.2 Å². The lowest BCUT2D eigenvalue weighted by atomic mass is 10.2. The van der Waals surface area contributed by atoms with Gasteiger partial charge in [0.1, 0.15) is 13.1 Å². The number of carboxylic acid groups (broad SMARTS) is 1. The van der Waals surface area contributed by atoms with Crippen LogP contribution >= 0.6 is 31.9 Å². The third-order valence-corrected chi connectivity index (χ3v) is 3.29. The fraction of sp³-hybridized carbons (Fsp3) is 0.273. The molecule has 0 aromatic heterocycles. The van der Waals surface area contributed by atoms with E-state index in [4.69, 9.17) is 5.11 Å². The van der Waals surface area contributed by atoms with Gasteiger partial charge in [-0.05, 0) is 34.1 Å². The van der Waals surface area contributed by atoms with Gasteiger partial charge in [0.05, 0.1) is 5.56 Å². The number of rotatable bonds is 4. The molecular weight excluding hydrogens is 411 g/mol. The topological polar surface area (TPSA) is 57.6 Å². The molecule has 4 nitrogen and oxygen atoms in total. The first-order valence-corrected chi connectivity index (χ1v) is 6.71. The second kappa shape index (κ2) is 6.57. The lowest BCUT2D eigenvalue weighted by Gasteiger charge is -2.22. The highest BCUT2D eigenvalue weighted by Gasteiger charge is 2.34. The van der Waals surface area contributed by atoms with Gasteiger partial charge >= 0.3 is 12.1 Å². The third-order valence-electron chi connectivity index (χ3n) is 2.15. The summed E-state index contributed by atoms with van der Waals surface area (Å²) in [4.78, 5) is 22.8. The summed E-state index contributed by atoms with van der Waals surface area (Å²) in [5.41, 5.74) is -0.0429. The number of hydrogen-bond donors (Lipinski definition) is 1. The molecule has 0 saturated heterocycles. The lowest BCUT2D eigenvalue weighted by molar-refractivity contribution is -0.149. The molecule has 0 unspecified atom stereocenters. The van der Waals surface area contributed by atoms with Gasteiger partial charge in [-0.3, -0.25) is 9.59 Å². The number of aliphatic carboxylic acids is 1. The van der Waals surface area contributed by atoms with Gasteiger partial charge in [-0.2, -0.15) is 13.2 Å². The van der Waals surface area contributed by atoms with E-state index in [0.717, 1.165) is 0 Å². The Kier molecular flexibility index (Phi) is 5.58. The van der Waals surface area contributed by atoms with Gasteiger partial charge in [0.2, 0.25) is 0 Å². The standard InChI is InChI=1S/C11H8Br2F3NO3/c12-6-1-2-7(8(13)3-6)10(20)17(4-9(18)19)5-11(14,15)16/h1-3H,4-5H2,(H,18,19). The van der Waals surface area contributed by atoms with E-state index in [9.17, 15) is 22.8 Å². The Morgan fingerprint density at radius 1 is 1.25 bits per heavy atom. The van der Waals surface area contributed by atoms with E-state index in [1.54, 1.807) is 0 Å². The SMILES string of the molecule is O=C(O)CN(CC(F)(F)F)C(=O)c1ccc(Br)cc1Br. The van der Waals surface area contributed by atoms with Crippen molar-refractivity contribution < 1.29 is 27.9 Å². The molecule has 110 valence electrons. The van der Waals surface area contributed by atoms with Crippen LogP contribution in [0.15, 0.2) is 27.1 Å². The minimum Gasteiger partial charge on any atom is -0.480 e. The molecule has 1 N–H and O–H groups in total. The Morgan fingerprint density at radius 3 is 2.30 bits per heavy atom. The number of halogens is 5. The molecule has 0 atom stereocenters. The molecule has 0 radical (unpaired) electrons. The number of nitrogens with zero attached hydrogens (tertiary/aromatic N) is 1. The Bertz CT molecular complexity index is 534. The maximum absolute atomic E-state index is 12.4. The van der Waals surface area contributed by atoms with Crippen molar-refractivity contribution in [3.05, 3.63) is 32.7 Å². The van der Waals surface area contributed by atoms with Gasteiger partial charge in [-0.1, -0.05) is 15.9 Å². The van der Waals surface area contributed by atoms with Crippen LogP contribution in [0.2, 0.25) is 0 Å². The molecular formula is C11H8Br2F3NO3. The molecule has 20 heavy (non-hydrogen) atoms. The number of amides is 1. The molecule has 0 aliphatic heterocycles. The monoisotopic (exact) mass is 417 g/mol. The van der Waals surface area contributed by atoms with Gasteiger partial charge in [-0.25, -0.2) is 0 Å². The summed E-state index contributed by atoms with van der Waals surface area (Å²) in [5, 5.41) is 8.61. The number of carboxylic acids is 1. The highest BCUT2D eigenvalue weighted by molar-refractivity contribution is 9.11. The Morgan fingerprint density at radius 2 is 1.85 bits per heavy atom. The molecule has 9 heteroatoms. The van der Waals surface area contributed by atoms with Crippen LogP contribution in [0.1, 0.15) is 10.4 Å². The van der Waals surface area contributed by atoms with Crippen molar-refractivity contribution in [3.63, 3.8) is 0 Å². The quantitative estimate of drug-likeness (QED) is 0.816. The molecule has 0 saturated carbocycles. The second-order valence-electron chi connectivity index (χ2n) is 3.79. The average Bonchev–Trinajstić information content (AvgIpc) is 2.24. The third kappa shape index (κ3) is 5.12. The summed E-state index contributed by atoms with van der Waals surface area (Å²) < 4.78 is 38.1. The first kappa shape index (κ1) is 17.0. The summed E-state index contributed by atoms with van der Waals surface area (Å²) in [5.74, 6) is -2.53. The van der Waals surface area contributed by atoms with E-state index >= 15 is 0 Å². The van der Waals surface area contributed by atoms with Gasteiger partial charge in [0.25, 0.3) is 5.91 Å². The molecule has 0 aliphatic carbocycles. The van der Waals surface area contributed by atoms with Crippen molar-refractivity contribution in [1.29, 1.82) is 0 Å². The fourth-order valence-electron chi connectivity index (χ4n) is 1.41. The van der Waals surface area contributed by atoms with Crippen molar-refractivity contribution in [1.82, 2.24) is 4.90 Å². The summed E-state index contributed by atoms with van der Waals surface area (Å²) in [7, 11) is 0. The molecule has 1 rings (SSSR count). The van der Waals surface area contributed by atoms with Crippen molar-refractivity contribution in [3.8, 4) is 0 Å². The Hall–Kier alpha value is -1.09. The maximum Gasteiger partial charge on any atom is 0.406 e. The summed E-state index contributed by atoms with van der Waals surface area (Å²) in [6, 6.07) is 4.27. The summed E-state index contributed by atoms with van der Waals surface area (Å²) in [6.07, 6.45) is -4.67. The van der Waals surface area contributed by atoms with Crippen LogP contribution in [0.4, 0.5) is 13.2 Å². The Balaban J connectivity index is 3.06. The highest BCUT2D eigenvalue weighted by Crippen LogP contribution is 2.25. The molecule has 0 heterocycles. The number of benzene rings is 1. The normalized spacial score (nSPS) is 11.2. The zero-order chi connectivity index (χ0) is 15.5. The van der Waals surface area contributed by atoms with E-state index in [-0.39, 0.29) is 14.9 Å². The number of carbonyl (C=O) groups excluding carboxylic acids is 1. The Labute approximate surface area is 128 Å². The smallest absolute Gasteiger partial charge is 0.406 e. The summed E-state index contributed by atoms with van der Waals surface area (Å²) in [6.45, 7) is -2.65. The molecule has 0 aliphatic rings. The molecule has 0 spiro atoms. The first-order valence-electron chi connectivity index (χ1n) is 5.13. The minimum atomic E-state index is -4.67. The van der Waals surface area contributed by atoms with E-state index < -0.39 is 31.1 Å². The number of hydrogen-bond acceptors (Lipinski definition) is 2. The second-order valence-corrected chi connectivity index (χ2v) is 5.56. The zero-order valence-corrected chi connectivity index (χ0v) is 12.9. The van der Waals surface area contributed by atoms with E-state index in [1.807, 2.05) is 0 Å². The zero-order valence-electron chi connectivity index (χ0n) is 9.75. The predicted octanol–water partition coefficient (Wildman–Crippen LogP) is 3.30. The maximum atomic E-state index is 12.4. The van der Waals surface area contributed by atoms with Crippen LogP contribution < -0.4 is 0 Å². The van der Waals surface area contributed by atoms with Crippen LogP contribution in [-0.2, 0) is 4.79 Å². The van der Waals surface area contributed by atoms with Crippen molar-refractivity contribution >= 4 is 43.7 Å². The van der Waals surface area contributed by atoms with Gasteiger partial charge in [0, 0.05) is 8.95 Å². The fourth-order valence-corrected chi connectivity index (χ4v) is 2.63. The number of carbonyl (C=O) groups is 2. The van der Waals surface area contributed by atoms with Crippen molar-refractivity contribution in [2.75, 3.05) is 13.1 Å². The molecule has 0 fully saturated rings. The molecule has 1 amide bonds. The molecule has 1 aromatic rings. The van der Waals surface area contributed by atoms with E-state index in [2.05, 4.69) is 31.9 Å². The lowest BCUT2D eigenvalue weighted by Crippen LogP contribution is -2.42. The van der Waals surface area contributed by atoms with Crippen LogP contribution in [0.3, 0.4) is 0 Å². The first-order chi connectivity index (χ1) is 9.10. The van der Waals surface area contributed by atoms with Gasteiger partial charge in [0.15, 0.2) is 0 Å². The van der Waals surface area contributed by atoms with Gasteiger partial charge < -0.3 is 10.0 Å². The summed E-state index contributed by atoms with van der Waals surface area (Å²) >= 11 is 6.20. The van der Waals surface area contributed by atoms with E-state index in [0.29, 0.717) is 4.47 Å². The van der Waals surface area contributed by atoms with Crippen LogP contribution in [0.25, 0.3) is 0 Å². The predicted molar refractivity (Wildman–Crippen MR) is 71.4 cm³/mol. The van der Waals surface area contributed by atoms with Crippen LogP contribution in [-0.4, -0.2) is 41.1 Å². The largest absolute Gasteiger partial charge is 0.480 e. The van der Waals surface area contributed by atoms with Crippen molar-refractivity contribution in [2.45, 2.75) is 6.18 Å². The highest BCUT2D eigenvalue weighted by atomic mass is 79.9. The van der Waals surface area contributed by atoms with Crippen molar-refractivity contribution in [2.24, 2.45) is 0 Å². The van der Waals surface area contributed by atoms with Crippen LogP contribution in [0, 0.1) is 0 Å². The molecule has 1 aromatic carbocycles. The number of alkyl halides is 3. The molecule has 0 bridgehead atoms. The average molecular weight is 419 g/mol. The minimum absolute atomic E-state index is 0.0429.